The number of hydrogen-bond acceptors (Lipinski definition) is 3. The molecule has 1 heterocycles. The van der Waals surface area contributed by atoms with Crippen molar-refractivity contribution in [1.82, 2.24) is 9.13 Å². The summed E-state index contributed by atoms with van der Waals surface area (Å²) in [6, 6.07) is 21.3. The second-order valence-corrected chi connectivity index (χ2v) is 10.0. The number of ether oxygens (including phenoxy) is 2. The number of fused-ring (bicyclic) bond motifs is 1. The van der Waals surface area contributed by atoms with Crippen LogP contribution in [-0.2, 0) is 38.8 Å². The van der Waals surface area contributed by atoms with Crippen molar-refractivity contribution in [1.29, 1.82) is 5.41 Å². The van der Waals surface area contributed by atoms with E-state index >= 15 is 0 Å². The molecule has 0 spiro atoms. The van der Waals surface area contributed by atoms with Gasteiger partial charge in [0, 0.05) is 13.1 Å². The van der Waals surface area contributed by atoms with Crippen molar-refractivity contribution in [3.8, 4) is 11.5 Å². The number of unbranched alkanes of at least 4 members (excludes halogenated alkanes) is 2. The average molecular weight is 514 g/mol. The zero-order chi connectivity index (χ0) is 26.9. The van der Waals surface area contributed by atoms with Gasteiger partial charge in [-0.3, -0.25) is 5.41 Å². The molecule has 0 aliphatic carbocycles. The Balaban J connectivity index is 1.40. The summed E-state index contributed by atoms with van der Waals surface area (Å²) in [6.45, 7) is 6.15. The first-order valence-electron chi connectivity index (χ1n) is 14.1. The van der Waals surface area contributed by atoms with Gasteiger partial charge in [0.15, 0.2) is 0 Å². The van der Waals surface area contributed by atoms with Crippen molar-refractivity contribution in [2.75, 3.05) is 14.2 Å². The van der Waals surface area contributed by atoms with Gasteiger partial charge in [-0.25, -0.2) is 0 Å². The van der Waals surface area contributed by atoms with Crippen molar-refractivity contribution < 1.29 is 9.47 Å². The van der Waals surface area contributed by atoms with E-state index in [2.05, 4.69) is 83.6 Å². The van der Waals surface area contributed by atoms with Crippen LogP contribution in [0.15, 0.2) is 60.7 Å². The van der Waals surface area contributed by atoms with E-state index in [1.807, 2.05) is 0 Å². The maximum atomic E-state index is 9.00. The van der Waals surface area contributed by atoms with E-state index in [-0.39, 0.29) is 0 Å². The lowest BCUT2D eigenvalue weighted by Gasteiger charge is -2.11. The van der Waals surface area contributed by atoms with Crippen LogP contribution in [0.4, 0.5) is 0 Å². The Morgan fingerprint density at radius 3 is 1.45 bits per heavy atom. The van der Waals surface area contributed by atoms with Crippen molar-refractivity contribution in [2.45, 2.75) is 78.3 Å². The van der Waals surface area contributed by atoms with Crippen LogP contribution < -0.4 is 15.1 Å². The summed E-state index contributed by atoms with van der Waals surface area (Å²) in [5.74, 6) is 1.86. The van der Waals surface area contributed by atoms with Gasteiger partial charge < -0.3 is 18.6 Å². The summed E-state index contributed by atoms with van der Waals surface area (Å²) in [7, 11) is 3.46. The highest BCUT2D eigenvalue weighted by Crippen LogP contribution is 2.22. The third-order valence-corrected chi connectivity index (χ3v) is 7.72. The first kappa shape index (κ1) is 27.6. The largest absolute Gasteiger partial charge is 0.497 e. The fraction of sp³-hybridized carbons (Fsp3) is 0.424. The summed E-state index contributed by atoms with van der Waals surface area (Å²) in [5.41, 5.74) is 8.49. The van der Waals surface area contributed by atoms with Gasteiger partial charge in [0.25, 0.3) is 0 Å². The number of para-hydroxylation sites is 2. The van der Waals surface area contributed by atoms with E-state index in [1.54, 1.807) is 14.2 Å². The Kier molecular flexibility index (Phi) is 9.69. The predicted octanol–water partition coefficient (Wildman–Crippen LogP) is 7.11. The Hall–Kier alpha value is -3.47. The maximum Gasteiger partial charge on any atom is 0.202 e. The van der Waals surface area contributed by atoms with Gasteiger partial charge in [-0.05, 0) is 110 Å². The van der Waals surface area contributed by atoms with Crippen molar-refractivity contribution >= 4 is 11.0 Å². The van der Waals surface area contributed by atoms with Crippen LogP contribution in [0.3, 0.4) is 0 Å². The predicted molar refractivity (Wildman–Crippen MR) is 156 cm³/mol. The molecule has 0 atom stereocenters. The fourth-order valence-corrected chi connectivity index (χ4v) is 5.53. The summed E-state index contributed by atoms with van der Waals surface area (Å²) < 4.78 is 15.3. The van der Waals surface area contributed by atoms with E-state index in [4.69, 9.17) is 14.9 Å². The van der Waals surface area contributed by atoms with Crippen molar-refractivity contribution in [2.24, 2.45) is 0 Å². The van der Waals surface area contributed by atoms with Crippen molar-refractivity contribution in [3.05, 3.63) is 88.5 Å². The summed E-state index contributed by atoms with van der Waals surface area (Å²) in [4.78, 5) is 0. The molecule has 0 aliphatic rings. The maximum absolute atomic E-state index is 9.00. The minimum Gasteiger partial charge on any atom is -0.497 e. The quantitative estimate of drug-likeness (QED) is 0.183. The third-order valence-electron chi connectivity index (χ3n) is 7.72. The Bertz CT molecular complexity index is 1300. The Morgan fingerprint density at radius 2 is 1.05 bits per heavy atom. The van der Waals surface area contributed by atoms with Gasteiger partial charge in [-0.15, -0.1) is 0 Å². The van der Waals surface area contributed by atoms with E-state index in [1.165, 1.54) is 22.3 Å². The molecule has 0 saturated carbocycles. The fourth-order valence-electron chi connectivity index (χ4n) is 5.53. The smallest absolute Gasteiger partial charge is 0.202 e. The van der Waals surface area contributed by atoms with E-state index in [0.717, 1.165) is 87.0 Å². The van der Waals surface area contributed by atoms with Gasteiger partial charge in [0.05, 0.1) is 25.3 Å². The molecule has 4 rings (SSSR count). The van der Waals surface area contributed by atoms with Gasteiger partial charge in [0.1, 0.15) is 11.5 Å². The number of hydrogen-bond donors (Lipinski definition) is 1. The lowest BCUT2D eigenvalue weighted by atomic mass is 9.99. The minimum atomic E-state index is 0.609. The van der Waals surface area contributed by atoms with Crippen molar-refractivity contribution in [3.63, 3.8) is 0 Å². The zero-order valence-electron chi connectivity index (χ0n) is 23.6. The molecular formula is C33H43N3O2. The summed E-state index contributed by atoms with van der Waals surface area (Å²) >= 11 is 0. The SMILES string of the molecule is CCc1ccc(OC)cc1CCCCn1c(=N)n(CCCCc2cc(OC)ccc2CC)c2ccccc21. The standard InChI is InChI=1S/C33H43N3O2/c1-5-25-17-19-29(37-3)23-27(25)13-9-11-21-35-31-15-7-8-16-32(31)36(33(35)34)22-12-10-14-28-24-30(38-4)20-18-26(28)6-2/h7-8,15-20,23-24,34H,5-6,9-14,21-22H2,1-4H3. The van der Waals surface area contributed by atoms with Crippen LogP contribution in [-0.4, -0.2) is 23.4 Å². The molecule has 0 radical (unpaired) electrons. The first-order valence-corrected chi connectivity index (χ1v) is 14.1. The van der Waals surface area contributed by atoms with Gasteiger partial charge in [-0.1, -0.05) is 38.1 Å². The van der Waals surface area contributed by atoms with Crippen LogP contribution in [0.5, 0.6) is 11.5 Å². The molecule has 0 saturated heterocycles. The van der Waals surface area contributed by atoms with E-state index in [9.17, 15) is 0 Å². The molecule has 0 bridgehead atoms. The number of nitrogens with zero attached hydrogens (tertiary/aromatic N) is 2. The third kappa shape index (κ3) is 6.32. The number of imidazole rings is 1. The second kappa shape index (κ2) is 13.4. The summed E-state index contributed by atoms with van der Waals surface area (Å²) in [6.07, 6.45) is 8.42. The monoisotopic (exact) mass is 513 g/mol. The van der Waals surface area contributed by atoms with Crippen LogP contribution in [0, 0.1) is 5.41 Å². The molecule has 0 amide bonds. The topological polar surface area (TPSA) is 52.2 Å². The molecule has 38 heavy (non-hydrogen) atoms. The van der Waals surface area contributed by atoms with Gasteiger partial charge >= 0.3 is 0 Å². The Morgan fingerprint density at radius 1 is 0.605 bits per heavy atom. The van der Waals surface area contributed by atoms with Crippen LogP contribution in [0.2, 0.25) is 0 Å². The molecule has 202 valence electrons. The number of nitrogens with one attached hydrogen (secondary N) is 1. The lowest BCUT2D eigenvalue weighted by Crippen LogP contribution is -2.25. The highest BCUT2D eigenvalue weighted by molar-refractivity contribution is 5.75. The number of aryl methyl sites for hydroxylation is 6. The molecule has 4 aromatic rings. The molecule has 0 fully saturated rings. The van der Waals surface area contributed by atoms with E-state index < -0.39 is 0 Å². The van der Waals surface area contributed by atoms with Crippen LogP contribution >= 0.6 is 0 Å². The van der Waals surface area contributed by atoms with Crippen LogP contribution in [0.25, 0.3) is 11.0 Å². The van der Waals surface area contributed by atoms with E-state index in [0.29, 0.717) is 5.62 Å². The lowest BCUT2D eigenvalue weighted by molar-refractivity contribution is 0.414. The second-order valence-electron chi connectivity index (χ2n) is 10.0. The highest BCUT2D eigenvalue weighted by Gasteiger charge is 2.11. The van der Waals surface area contributed by atoms with Gasteiger partial charge in [-0.2, -0.15) is 0 Å². The molecule has 5 heteroatoms. The number of benzene rings is 3. The summed E-state index contributed by atoms with van der Waals surface area (Å²) in [5, 5.41) is 9.00. The molecule has 0 aliphatic heterocycles. The van der Waals surface area contributed by atoms with Gasteiger partial charge in [0.2, 0.25) is 5.62 Å². The molecular weight excluding hydrogens is 470 g/mol. The first-order chi connectivity index (χ1) is 18.6. The molecule has 5 nitrogen and oxygen atoms in total. The highest BCUT2D eigenvalue weighted by atomic mass is 16.5. The average Bonchev–Trinajstić information content (AvgIpc) is 3.23. The molecule has 3 aromatic carbocycles. The minimum absolute atomic E-state index is 0.609. The number of rotatable bonds is 14. The molecule has 1 N–H and O–H groups in total. The zero-order valence-corrected chi connectivity index (χ0v) is 23.6. The normalized spacial score (nSPS) is 11.3. The number of aromatic nitrogens is 2. The molecule has 1 aromatic heterocycles. The Labute approximate surface area is 227 Å². The molecule has 0 unspecified atom stereocenters. The van der Waals surface area contributed by atoms with Crippen LogP contribution in [0.1, 0.15) is 61.8 Å². The number of methoxy groups -OCH3 is 2.